The second kappa shape index (κ2) is 6.39. The Labute approximate surface area is 121 Å². The average Bonchev–Trinajstić information content (AvgIpc) is 2.97. The molecule has 0 saturated carbocycles. The van der Waals surface area contributed by atoms with E-state index in [9.17, 15) is 5.11 Å². The highest BCUT2D eigenvalue weighted by Gasteiger charge is 2.23. The van der Waals surface area contributed by atoms with Gasteiger partial charge in [0.2, 0.25) is 11.7 Å². The molecule has 0 aliphatic carbocycles. The van der Waals surface area contributed by atoms with Crippen LogP contribution in [-0.4, -0.2) is 33.4 Å². The Balaban J connectivity index is 1.65. The van der Waals surface area contributed by atoms with Crippen LogP contribution in [0, 0.1) is 0 Å². The molecule has 5 nitrogen and oxygen atoms in total. The van der Waals surface area contributed by atoms with Gasteiger partial charge in [-0.05, 0) is 5.56 Å². The Hall–Kier alpha value is -1.37. The van der Waals surface area contributed by atoms with Crippen molar-refractivity contribution < 1.29 is 14.4 Å². The molecule has 0 spiro atoms. The number of thioether (sulfide) groups is 1. The molecular formula is C14H16N2O3S. The number of aliphatic hydroxyl groups excluding tert-OH is 1. The first-order chi connectivity index (χ1) is 9.83. The summed E-state index contributed by atoms with van der Waals surface area (Å²) in [6, 6.07) is 9.46. The number of rotatable bonds is 4. The van der Waals surface area contributed by atoms with Crippen molar-refractivity contribution in [2.75, 3.05) is 18.1 Å². The number of nitrogens with zero attached hydrogens (tertiary/aromatic N) is 2. The molecule has 0 radical (unpaired) electrons. The van der Waals surface area contributed by atoms with Crippen LogP contribution in [0.15, 0.2) is 34.9 Å². The van der Waals surface area contributed by atoms with Crippen molar-refractivity contribution in [3.05, 3.63) is 47.6 Å². The van der Waals surface area contributed by atoms with Crippen molar-refractivity contribution in [1.82, 2.24) is 10.1 Å². The summed E-state index contributed by atoms with van der Waals surface area (Å²) in [6.45, 7) is 0.714. The van der Waals surface area contributed by atoms with Gasteiger partial charge in [-0.2, -0.15) is 16.7 Å². The maximum atomic E-state index is 10.1. The lowest BCUT2D eigenvalue weighted by molar-refractivity contribution is 0.0677. The molecule has 1 fully saturated rings. The summed E-state index contributed by atoms with van der Waals surface area (Å²) in [6.07, 6.45) is -0.414. The molecule has 1 aliphatic heterocycles. The fraction of sp³-hybridized carbons (Fsp3) is 0.429. The predicted octanol–water partition coefficient (Wildman–Crippen LogP) is 2.15. The summed E-state index contributed by atoms with van der Waals surface area (Å²) < 4.78 is 10.8. The van der Waals surface area contributed by atoms with Crippen LogP contribution >= 0.6 is 11.8 Å². The Morgan fingerprint density at radius 3 is 2.95 bits per heavy atom. The summed E-state index contributed by atoms with van der Waals surface area (Å²) in [4.78, 5) is 4.32. The normalized spacial score (nSPS) is 20.8. The zero-order valence-electron chi connectivity index (χ0n) is 10.9. The summed E-state index contributed by atoms with van der Waals surface area (Å²) in [5.74, 6) is 2.87. The van der Waals surface area contributed by atoms with Crippen molar-refractivity contribution in [2.45, 2.75) is 18.6 Å². The van der Waals surface area contributed by atoms with Gasteiger partial charge in [-0.25, -0.2) is 0 Å². The van der Waals surface area contributed by atoms with E-state index in [-0.39, 0.29) is 6.10 Å². The molecule has 1 N–H and O–H groups in total. The first kappa shape index (κ1) is 13.6. The second-order valence-corrected chi connectivity index (χ2v) is 5.76. The van der Waals surface area contributed by atoms with Crippen LogP contribution in [0.3, 0.4) is 0 Å². The molecule has 1 aromatic heterocycles. The molecule has 0 bridgehead atoms. The van der Waals surface area contributed by atoms with Crippen LogP contribution in [-0.2, 0) is 11.2 Å². The number of hydrogen-bond acceptors (Lipinski definition) is 6. The van der Waals surface area contributed by atoms with Crippen LogP contribution in [0.4, 0.5) is 0 Å². The average molecular weight is 292 g/mol. The summed E-state index contributed by atoms with van der Waals surface area (Å²) in [5.41, 5.74) is 0.844. The molecule has 2 aromatic rings. The minimum Gasteiger partial charge on any atom is -0.388 e. The monoisotopic (exact) mass is 292 g/mol. The molecule has 2 atom stereocenters. The van der Waals surface area contributed by atoms with E-state index in [0.29, 0.717) is 24.7 Å². The number of hydrogen-bond donors (Lipinski definition) is 1. The van der Waals surface area contributed by atoms with Crippen LogP contribution in [0.1, 0.15) is 29.5 Å². The number of aromatic nitrogens is 2. The summed E-state index contributed by atoms with van der Waals surface area (Å²) >= 11 is 1.82. The van der Waals surface area contributed by atoms with E-state index in [1.807, 2.05) is 42.1 Å². The number of ether oxygens (including phenoxy) is 1. The molecular weight excluding hydrogens is 276 g/mol. The van der Waals surface area contributed by atoms with Gasteiger partial charge < -0.3 is 14.4 Å². The fourth-order valence-corrected chi connectivity index (χ4v) is 2.92. The van der Waals surface area contributed by atoms with Crippen LogP contribution in [0.25, 0.3) is 0 Å². The van der Waals surface area contributed by atoms with E-state index < -0.39 is 6.10 Å². The topological polar surface area (TPSA) is 68.4 Å². The fourth-order valence-electron chi connectivity index (χ4n) is 2.08. The zero-order chi connectivity index (χ0) is 13.8. The van der Waals surface area contributed by atoms with E-state index in [1.54, 1.807) is 0 Å². The molecule has 6 heteroatoms. The molecule has 1 aromatic carbocycles. The molecule has 20 heavy (non-hydrogen) atoms. The van der Waals surface area contributed by atoms with Crippen LogP contribution in [0.2, 0.25) is 0 Å². The first-order valence-electron chi connectivity index (χ1n) is 6.58. The van der Waals surface area contributed by atoms with E-state index in [1.165, 1.54) is 0 Å². The predicted molar refractivity (Wildman–Crippen MR) is 75.4 cm³/mol. The van der Waals surface area contributed by atoms with Crippen LogP contribution < -0.4 is 0 Å². The Morgan fingerprint density at radius 2 is 2.20 bits per heavy atom. The molecule has 3 rings (SSSR count). The lowest BCUT2D eigenvalue weighted by Crippen LogP contribution is -2.16. The van der Waals surface area contributed by atoms with Crippen LogP contribution in [0.5, 0.6) is 0 Å². The maximum Gasteiger partial charge on any atom is 0.229 e. The smallest absolute Gasteiger partial charge is 0.229 e. The Bertz CT molecular complexity index is 540. The van der Waals surface area contributed by atoms with E-state index in [0.717, 1.165) is 17.1 Å². The lowest BCUT2D eigenvalue weighted by Gasteiger charge is -2.18. The standard InChI is InChI=1S/C14H16N2O3S/c17-11(10-4-2-1-3-5-10)8-13-15-14(16-19-13)12-9-20-7-6-18-12/h1-5,11-12,17H,6-9H2. The molecule has 106 valence electrons. The van der Waals surface area contributed by atoms with Gasteiger partial charge in [0.1, 0.15) is 6.10 Å². The van der Waals surface area contributed by atoms with Crippen molar-refractivity contribution in [3.8, 4) is 0 Å². The largest absolute Gasteiger partial charge is 0.388 e. The van der Waals surface area contributed by atoms with Gasteiger partial charge in [-0.3, -0.25) is 0 Å². The van der Waals surface area contributed by atoms with Gasteiger partial charge >= 0.3 is 0 Å². The molecule has 2 heterocycles. The van der Waals surface area contributed by atoms with Crippen molar-refractivity contribution in [3.63, 3.8) is 0 Å². The third kappa shape index (κ3) is 3.20. The van der Waals surface area contributed by atoms with Gasteiger partial charge in [-0.1, -0.05) is 35.5 Å². The number of benzene rings is 1. The highest BCUT2D eigenvalue weighted by Crippen LogP contribution is 2.25. The van der Waals surface area contributed by atoms with Gasteiger partial charge in [0.15, 0.2) is 0 Å². The summed E-state index contributed by atoms with van der Waals surface area (Å²) in [5, 5.41) is 14.1. The first-order valence-corrected chi connectivity index (χ1v) is 7.73. The van der Waals surface area contributed by atoms with Gasteiger partial charge in [0.25, 0.3) is 0 Å². The van der Waals surface area contributed by atoms with Crippen molar-refractivity contribution in [2.24, 2.45) is 0 Å². The zero-order valence-corrected chi connectivity index (χ0v) is 11.8. The quantitative estimate of drug-likeness (QED) is 0.931. The SMILES string of the molecule is OC(Cc1nc(C2CSCCO2)no1)c1ccccc1. The Kier molecular flexibility index (Phi) is 4.34. The second-order valence-electron chi connectivity index (χ2n) is 4.61. The molecule has 1 saturated heterocycles. The third-order valence-corrected chi connectivity index (χ3v) is 4.13. The lowest BCUT2D eigenvalue weighted by atomic mass is 10.1. The van der Waals surface area contributed by atoms with Crippen molar-refractivity contribution in [1.29, 1.82) is 0 Å². The van der Waals surface area contributed by atoms with Gasteiger partial charge in [0, 0.05) is 11.5 Å². The number of aliphatic hydroxyl groups is 1. The molecule has 0 amide bonds. The van der Waals surface area contributed by atoms with Crippen molar-refractivity contribution >= 4 is 11.8 Å². The minimum atomic E-state index is -0.633. The summed E-state index contributed by atoms with van der Waals surface area (Å²) in [7, 11) is 0. The molecule has 1 aliphatic rings. The Morgan fingerprint density at radius 1 is 1.35 bits per heavy atom. The van der Waals surface area contributed by atoms with Gasteiger partial charge in [0.05, 0.1) is 19.1 Å². The highest BCUT2D eigenvalue weighted by atomic mass is 32.2. The maximum absolute atomic E-state index is 10.1. The minimum absolute atomic E-state index is 0.0971. The van der Waals surface area contributed by atoms with E-state index in [2.05, 4.69) is 10.1 Å². The van der Waals surface area contributed by atoms with Gasteiger partial charge in [-0.15, -0.1) is 0 Å². The third-order valence-electron chi connectivity index (χ3n) is 3.14. The molecule has 2 unspecified atom stereocenters. The van der Waals surface area contributed by atoms with E-state index in [4.69, 9.17) is 9.26 Å². The highest BCUT2D eigenvalue weighted by molar-refractivity contribution is 7.99. The van der Waals surface area contributed by atoms with E-state index >= 15 is 0 Å².